The Balaban J connectivity index is 1.32. The molecule has 2 aromatic carbocycles. The summed E-state index contributed by atoms with van der Waals surface area (Å²) in [6.07, 6.45) is 2.92. The van der Waals surface area contributed by atoms with Crippen LogP contribution >= 0.6 is 0 Å². The first-order chi connectivity index (χ1) is 21.9. The average molecular weight is 628 g/mol. The molecule has 0 saturated carbocycles. The molecule has 0 radical (unpaired) electrons. The Morgan fingerprint density at radius 2 is 1.72 bits per heavy atom. The zero-order valence-corrected chi connectivity index (χ0v) is 27.1. The normalized spacial score (nSPS) is 11.2. The van der Waals surface area contributed by atoms with Gasteiger partial charge in [-0.15, -0.1) is 0 Å². The summed E-state index contributed by atoms with van der Waals surface area (Å²) in [5.41, 5.74) is 2.00. The van der Waals surface area contributed by atoms with E-state index in [-0.39, 0.29) is 35.5 Å². The Morgan fingerprint density at radius 3 is 2.39 bits per heavy atom. The predicted molar refractivity (Wildman–Crippen MR) is 179 cm³/mol. The fraction of sp³-hybridized carbons (Fsp3) is 0.353. The number of carbonyl (C=O) groups is 3. The van der Waals surface area contributed by atoms with Gasteiger partial charge in [0.05, 0.1) is 10.9 Å². The second-order valence-electron chi connectivity index (χ2n) is 11.8. The van der Waals surface area contributed by atoms with Gasteiger partial charge in [-0.25, -0.2) is 4.79 Å². The summed E-state index contributed by atoms with van der Waals surface area (Å²) in [6.45, 7) is 5.88. The number of likely N-dealkylation sites (N-methyl/N-ethyl adjacent to an activating group) is 1. The molecule has 0 atom stereocenters. The van der Waals surface area contributed by atoms with Crippen molar-refractivity contribution in [3.05, 3.63) is 88.0 Å². The zero-order valence-electron chi connectivity index (χ0n) is 27.1. The van der Waals surface area contributed by atoms with Crippen LogP contribution in [0.3, 0.4) is 0 Å². The molecule has 0 spiro atoms. The monoisotopic (exact) mass is 627 g/mol. The minimum Gasteiger partial charge on any atom is -0.389 e. The number of amides is 3. The number of aromatic nitrogens is 2. The van der Waals surface area contributed by atoms with E-state index in [4.69, 9.17) is 4.42 Å². The van der Waals surface area contributed by atoms with Crippen LogP contribution < -0.4 is 26.5 Å². The fourth-order valence-corrected chi connectivity index (χ4v) is 4.91. The van der Waals surface area contributed by atoms with Gasteiger partial charge >= 0.3 is 5.63 Å². The quantitative estimate of drug-likeness (QED) is 0.187. The lowest BCUT2D eigenvalue weighted by molar-refractivity contribution is -0.133. The lowest BCUT2D eigenvalue weighted by Crippen LogP contribution is -2.49. The highest BCUT2D eigenvalue weighted by Crippen LogP contribution is 2.24. The number of anilines is 3. The van der Waals surface area contributed by atoms with Crippen molar-refractivity contribution in [2.75, 3.05) is 49.8 Å². The first-order valence-corrected chi connectivity index (χ1v) is 15.1. The topological polar surface area (TPSA) is 150 Å². The van der Waals surface area contributed by atoms with Crippen molar-refractivity contribution in [2.45, 2.75) is 45.6 Å². The summed E-state index contributed by atoms with van der Waals surface area (Å²) in [4.78, 5) is 63.6. The third kappa shape index (κ3) is 8.46. The van der Waals surface area contributed by atoms with Crippen LogP contribution in [0, 0.1) is 6.92 Å². The average Bonchev–Trinajstić information content (AvgIpc) is 3.03. The van der Waals surface area contributed by atoms with E-state index in [9.17, 15) is 19.2 Å². The summed E-state index contributed by atoms with van der Waals surface area (Å²) < 4.78 is 5.47. The first kappa shape index (κ1) is 33.6. The highest BCUT2D eigenvalue weighted by atomic mass is 16.4. The Morgan fingerprint density at radius 1 is 0.978 bits per heavy atom. The lowest BCUT2D eigenvalue weighted by Gasteiger charge is -2.30. The number of benzene rings is 2. The van der Waals surface area contributed by atoms with Crippen LogP contribution in [0.1, 0.15) is 48.3 Å². The maximum Gasteiger partial charge on any atom is 0.348 e. The molecular formula is C34H41N7O5. The molecule has 46 heavy (non-hydrogen) atoms. The summed E-state index contributed by atoms with van der Waals surface area (Å²) in [5.74, 6) is -0.667. The van der Waals surface area contributed by atoms with E-state index >= 15 is 0 Å². The molecule has 2 aromatic heterocycles. The fourth-order valence-electron chi connectivity index (χ4n) is 4.91. The number of rotatable bonds is 13. The first-order valence-electron chi connectivity index (χ1n) is 15.1. The van der Waals surface area contributed by atoms with Crippen molar-refractivity contribution in [2.24, 2.45) is 0 Å². The van der Waals surface area contributed by atoms with Crippen LogP contribution in [0.25, 0.3) is 10.9 Å². The van der Waals surface area contributed by atoms with E-state index in [1.165, 1.54) is 0 Å². The van der Waals surface area contributed by atoms with Crippen LogP contribution in [0.2, 0.25) is 0 Å². The molecule has 3 amide bonds. The van der Waals surface area contributed by atoms with Gasteiger partial charge in [-0.05, 0) is 81.3 Å². The number of pyridine rings is 1. The summed E-state index contributed by atoms with van der Waals surface area (Å²) in [7, 11) is 5.57. The standard InChI is InChI=1S/C34H41N7O5/c1-22-26(37-28(42)11-9-20-36-30(43)23-12-14-25(15-13-23)40(4)5)16-17-27-29(22)31(44)46-33(38-27)39-34(2,3)32(45)41(6)21-18-24-10-7-8-19-35-24/h7-8,10,12-17,19H,9,11,18,20-21H2,1-6H3,(H,36,43)(H,37,42)(H,38,39). The molecule has 0 bridgehead atoms. The summed E-state index contributed by atoms with van der Waals surface area (Å²) in [5, 5.41) is 8.86. The molecule has 4 rings (SSSR count). The molecule has 12 heteroatoms. The SMILES string of the molecule is Cc1c(NC(=O)CCCNC(=O)c2ccc(N(C)C)cc2)ccc2nc(NC(C)(C)C(=O)N(C)CCc3ccccn3)oc(=O)c12. The van der Waals surface area contributed by atoms with Gasteiger partial charge in [0.2, 0.25) is 11.8 Å². The number of nitrogens with one attached hydrogen (secondary N) is 3. The largest absolute Gasteiger partial charge is 0.389 e. The Bertz CT molecular complexity index is 1750. The van der Waals surface area contributed by atoms with Gasteiger partial charge in [0.25, 0.3) is 11.9 Å². The van der Waals surface area contributed by atoms with E-state index in [1.54, 1.807) is 63.2 Å². The number of hydrogen-bond acceptors (Lipinski definition) is 9. The highest BCUT2D eigenvalue weighted by Gasteiger charge is 2.32. The molecule has 3 N–H and O–H groups in total. The number of hydrogen-bond donors (Lipinski definition) is 3. The number of nitrogens with zero attached hydrogens (tertiary/aromatic N) is 4. The summed E-state index contributed by atoms with van der Waals surface area (Å²) >= 11 is 0. The van der Waals surface area contributed by atoms with Crippen molar-refractivity contribution < 1.29 is 18.8 Å². The van der Waals surface area contributed by atoms with Crippen molar-refractivity contribution in [1.82, 2.24) is 20.2 Å². The number of fused-ring (bicyclic) bond motifs is 1. The predicted octanol–water partition coefficient (Wildman–Crippen LogP) is 4.00. The summed E-state index contributed by atoms with van der Waals surface area (Å²) in [6, 6.07) is 16.1. The second kappa shape index (κ2) is 14.7. The molecule has 2 heterocycles. The number of carbonyl (C=O) groups excluding carboxylic acids is 3. The Kier molecular flexibility index (Phi) is 10.7. The van der Waals surface area contributed by atoms with E-state index in [0.29, 0.717) is 48.3 Å². The van der Waals surface area contributed by atoms with Crippen LogP contribution in [0.5, 0.6) is 0 Å². The third-order valence-corrected chi connectivity index (χ3v) is 7.57. The Labute approximate surface area is 268 Å². The van der Waals surface area contributed by atoms with Crippen molar-refractivity contribution in [3.63, 3.8) is 0 Å². The molecule has 242 valence electrons. The van der Waals surface area contributed by atoms with Crippen LogP contribution in [-0.4, -0.2) is 72.4 Å². The molecule has 4 aromatic rings. The molecule has 0 aliphatic heterocycles. The van der Waals surface area contributed by atoms with Gasteiger partial charge in [-0.1, -0.05) is 6.07 Å². The maximum atomic E-state index is 13.2. The van der Waals surface area contributed by atoms with Crippen LogP contribution in [0.4, 0.5) is 17.4 Å². The van der Waals surface area contributed by atoms with Crippen LogP contribution in [-0.2, 0) is 16.0 Å². The van der Waals surface area contributed by atoms with Gasteiger partial charge < -0.3 is 30.2 Å². The smallest absolute Gasteiger partial charge is 0.348 e. The molecule has 0 aliphatic rings. The van der Waals surface area contributed by atoms with E-state index in [1.807, 2.05) is 49.3 Å². The molecule has 12 nitrogen and oxygen atoms in total. The van der Waals surface area contributed by atoms with Crippen molar-refractivity contribution >= 4 is 46.0 Å². The second-order valence-corrected chi connectivity index (χ2v) is 11.8. The lowest BCUT2D eigenvalue weighted by atomic mass is 10.0. The van der Waals surface area contributed by atoms with Gasteiger partial charge in [0, 0.05) is 75.9 Å². The van der Waals surface area contributed by atoms with Gasteiger partial charge in [0.15, 0.2) is 0 Å². The van der Waals surface area contributed by atoms with E-state index < -0.39 is 11.2 Å². The maximum absolute atomic E-state index is 13.2. The molecule has 0 fully saturated rings. The molecule has 0 saturated heterocycles. The zero-order chi connectivity index (χ0) is 33.4. The number of aryl methyl sites for hydroxylation is 1. The van der Waals surface area contributed by atoms with Gasteiger partial charge in [0.1, 0.15) is 5.54 Å². The Hall–Kier alpha value is -5.26. The van der Waals surface area contributed by atoms with Gasteiger partial charge in [-0.3, -0.25) is 19.4 Å². The highest BCUT2D eigenvalue weighted by molar-refractivity contribution is 5.96. The van der Waals surface area contributed by atoms with Crippen LogP contribution in [0.15, 0.2) is 70.0 Å². The third-order valence-electron chi connectivity index (χ3n) is 7.57. The minimum atomic E-state index is -1.12. The molecule has 0 unspecified atom stereocenters. The van der Waals surface area contributed by atoms with Crippen molar-refractivity contribution in [3.8, 4) is 0 Å². The van der Waals surface area contributed by atoms with E-state index in [0.717, 1.165) is 11.4 Å². The van der Waals surface area contributed by atoms with Gasteiger partial charge in [-0.2, -0.15) is 4.98 Å². The molecule has 0 aliphatic carbocycles. The van der Waals surface area contributed by atoms with Crippen molar-refractivity contribution in [1.29, 1.82) is 0 Å². The minimum absolute atomic E-state index is 0.0825. The van der Waals surface area contributed by atoms with E-state index in [2.05, 4.69) is 25.9 Å². The molecular weight excluding hydrogens is 586 g/mol.